The molecule has 1 aliphatic carbocycles. The van der Waals surface area contributed by atoms with Gasteiger partial charge in [0.05, 0.1) is 19.3 Å². The Kier molecular flexibility index (Phi) is 4.15. The third-order valence-corrected chi connectivity index (χ3v) is 6.01. The van der Waals surface area contributed by atoms with E-state index in [1.54, 1.807) is 0 Å². The Morgan fingerprint density at radius 2 is 2.11 bits per heavy atom. The largest absolute Gasteiger partial charge is 0.375 e. The van der Waals surface area contributed by atoms with Crippen LogP contribution in [0.4, 0.5) is 0 Å². The Morgan fingerprint density at radius 3 is 2.89 bits per heavy atom. The molecule has 0 aromatic heterocycles. The summed E-state index contributed by atoms with van der Waals surface area (Å²) in [7, 11) is 0. The summed E-state index contributed by atoms with van der Waals surface area (Å²) in [5.74, 6) is 0. The van der Waals surface area contributed by atoms with E-state index in [2.05, 4.69) is 35.8 Å². The van der Waals surface area contributed by atoms with Crippen LogP contribution in [0, 0.1) is 0 Å². The van der Waals surface area contributed by atoms with Crippen molar-refractivity contribution in [2.75, 3.05) is 19.4 Å². The minimum absolute atomic E-state index is 0.370. The molecule has 1 aromatic carbocycles. The number of hydrogen-bond donors (Lipinski definition) is 1. The number of benzene rings is 1. The second-order valence-corrected chi connectivity index (χ2v) is 7.02. The van der Waals surface area contributed by atoms with Gasteiger partial charge in [0.2, 0.25) is 0 Å². The predicted octanol–water partition coefficient (Wildman–Crippen LogP) is 3.52. The highest BCUT2D eigenvalue weighted by atomic mass is 32.2. The molecule has 0 saturated heterocycles. The van der Waals surface area contributed by atoms with Crippen molar-refractivity contribution in [3.63, 3.8) is 0 Å². The molecule has 1 aliphatic heterocycles. The Balaban J connectivity index is 1.68. The molecule has 19 heavy (non-hydrogen) atoms. The van der Waals surface area contributed by atoms with Crippen LogP contribution in [0.25, 0.3) is 0 Å². The molecule has 1 heterocycles. The van der Waals surface area contributed by atoms with E-state index in [1.165, 1.54) is 36.8 Å². The Hall–Kier alpha value is -0.510. The van der Waals surface area contributed by atoms with Gasteiger partial charge in [0.1, 0.15) is 0 Å². The number of nitrogens with one attached hydrogen (secondary N) is 1. The Morgan fingerprint density at radius 1 is 1.32 bits per heavy atom. The Labute approximate surface area is 120 Å². The van der Waals surface area contributed by atoms with Crippen LogP contribution in [0.3, 0.4) is 0 Å². The van der Waals surface area contributed by atoms with Crippen LogP contribution in [-0.4, -0.2) is 24.2 Å². The molecule has 1 unspecified atom stereocenters. The Bertz CT molecular complexity index is 429. The minimum atomic E-state index is 0.370. The molecule has 1 fully saturated rings. The lowest BCUT2D eigenvalue weighted by Crippen LogP contribution is -2.39. The molecular weight excluding hydrogens is 254 g/mol. The van der Waals surface area contributed by atoms with Gasteiger partial charge in [0, 0.05) is 11.3 Å². The van der Waals surface area contributed by atoms with Crippen molar-refractivity contribution in [3.8, 4) is 0 Å². The first-order valence-electron chi connectivity index (χ1n) is 7.27. The number of rotatable bonds is 4. The molecule has 2 aliphatic rings. The molecule has 0 bridgehead atoms. The molecule has 1 aromatic rings. The summed E-state index contributed by atoms with van der Waals surface area (Å²) >= 11 is 2.05. The topological polar surface area (TPSA) is 21.3 Å². The fraction of sp³-hybridized carbons (Fsp3) is 0.625. The number of thioether (sulfide) groups is 1. The quantitative estimate of drug-likeness (QED) is 0.910. The van der Waals surface area contributed by atoms with Crippen molar-refractivity contribution in [2.24, 2.45) is 0 Å². The fourth-order valence-corrected chi connectivity index (χ4v) is 4.26. The van der Waals surface area contributed by atoms with Crippen molar-refractivity contribution in [1.82, 2.24) is 5.32 Å². The SMILES string of the molecule is CSC1(CNC2COCc3ccccc32)CCCC1. The van der Waals surface area contributed by atoms with E-state index in [4.69, 9.17) is 4.74 Å². The van der Waals surface area contributed by atoms with Crippen LogP contribution >= 0.6 is 11.8 Å². The van der Waals surface area contributed by atoms with Crippen LogP contribution in [0.15, 0.2) is 24.3 Å². The van der Waals surface area contributed by atoms with Crippen molar-refractivity contribution in [2.45, 2.75) is 43.1 Å². The average molecular weight is 277 g/mol. The van der Waals surface area contributed by atoms with Crippen LogP contribution in [-0.2, 0) is 11.3 Å². The standard InChI is InChI=1S/C16H23NOS/c1-19-16(8-4-5-9-16)12-17-15-11-18-10-13-6-2-3-7-14(13)15/h2-3,6-7,15,17H,4-5,8-12H2,1H3. The zero-order valence-electron chi connectivity index (χ0n) is 11.7. The van der Waals surface area contributed by atoms with Gasteiger partial charge in [-0.25, -0.2) is 0 Å². The summed E-state index contributed by atoms with van der Waals surface area (Å²) in [6.07, 6.45) is 7.76. The van der Waals surface area contributed by atoms with Gasteiger partial charge in [-0.1, -0.05) is 37.1 Å². The summed E-state index contributed by atoms with van der Waals surface area (Å²) in [6.45, 7) is 2.68. The van der Waals surface area contributed by atoms with Gasteiger partial charge in [-0.05, 0) is 30.2 Å². The first-order chi connectivity index (χ1) is 9.33. The van der Waals surface area contributed by atoms with E-state index < -0.39 is 0 Å². The van der Waals surface area contributed by atoms with E-state index in [9.17, 15) is 0 Å². The van der Waals surface area contributed by atoms with E-state index >= 15 is 0 Å². The highest BCUT2D eigenvalue weighted by molar-refractivity contribution is 8.00. The molecule has 2 nitrogen and oxygen atoms in total. The smallest absolute Gasteiger partial charge is 0.0721 e. The number of hydrogen-bond acceptors (Lipinski definition) is 3. The maximum absolute atomic E-state index is 5.72. The van der Waals surface area contributed by atoms with Crippen LogP contribution < -0.4 is 5.32 Å². The highest BCUT2D eigenvalue weighted by Crippen LogP contribution is 2.40. The minimum Gasteiger partial charge on any atom is -0.375 e. The molecule has 0 amide bonds. The summed E-state index contributed by atoms with van der Waals surface area (Å²) < 4.78 is 6.19. The van der Waals surface area contributed by atoms with Crippen molar-refractivity contribution in [3.05, 3.63) is 35.4 Å². The average Bonchev–Trinajstić information content (AvgIpc) is 2.94. The predicted molar refractivity (Wildman–Crippen MR) is 81.6 cm³/mol. The highest BCUT2D eigenvalue weighted by Gasteiger charge is 2.33. The maximum atomic E-state index is 5.72. The molecule has 3 rings (SSSR count). The van der Waals surface area contributed by atoms with Crippen LogP contribution in [0.1, 0.15) is 42.9 Å². The summed E-state index contributed by atoms with van der Waals surface area (Å²) in [5.41, 5.74) is 2.78. The monoisotopic (exact) mass is 277 g/mol. The third-order valence-electron chi connectivity index (χ3n) is 4.59. The molecule has 1 atom stereocenters. The van der Waals surface area contributed by atoms with Crippen LogP contribution in [0.2, 0.25) is 0 Å². The molecule has 104 valence electrons. The number of ether oxygens (including phenoxy) is 1. The first-order valence-corrected chi connectivity index (χ1v) is 8.50. The van der Waals surface area contributed by atoms with E-state index in [0.717, 1.165) is 19.8 Å². The normalized spacial score (nSPS) is 25.2. The second kappa shape index (κ2) is 5.86. The van der Waals surface area contributed by atoms with Gasteiger partial charge in [-0.15, -0.1) is 0 Å². The van der Waals surface area contributed by atoms with Gasteiger partial charge in [0.15, 0.2) is 0 Å². The fourth-order valence-electron chi connectivity index (χ4n) is 3.33. The number of fused-ring (bicyclic) bond motifs is 1. The zero-order valence-corrected chi connectivity index (χ0v) is 12.5. The first kappa shape index (κ1) is 13.5. The van der Waals surface area contributed by atoms with Gasteiger partial charge in [-0.2, -0.15) is 11.8 Å². The van der Waals surface area contributed by atoms with Crippen LogP contribution in [0.5, 0.6) is 0 Å². The summed E-state index contributed by atoms with van der Waals surface area (Å²) in [4.78, 5) is 0. The van der Waals surface area contributed by atoms with E-state index in [1.807, 2.05) is 11.8 Å². The van der Waals surface area contributed by atoms with Crippen molar-refractivity contribution < 1.29 is 4.74 Å². The summed E-state index contributed by atoms with van der Waals surface area (Å²) in [5, 5.41) is 3.77. The van der Waals surface area contributed by atoms with Gasteiger partial charge in [0.25, 0.3) is 0 Å². The molecule has 3 heteroatoms. The van der Waals surface area contributed by atoms with Gasteiger partial charge >= 0.3 is 0 Å². The maximum Gasteiger partial charge on any atom is 0.0721 e. The lowest BCUT2D eigenvalue weighted by Gasteiger charge is -2.32. The molecule has 0 spiro atoms. The lowest BCUT2D eigenvalue weighted by atomic mass is 9.98. The molecular formula is C16H23NOS. The van der Waals surface area contributed by atoms with Gasteiger partial charge < -0.3 is 10.1 Å². The summed E-state index contributed by atoms with van der Waals surface area (Å²) in [6, 6.07) is 9.04. The van der Waals surface area contributed by atoms with E-state index in [0.29, 0.717) is 10.8 Å². The lowest BCUT2D eigenvalue weighted by molar-refractivity contribution is 0.0814. The van der Waals surface area contributed by atoms with Crippen molar-refractivity contribution >= 4 is 11.8 Å². The van der Waals surface area contributed by atoms with E-state index in [-0.39, 0.29) is 0 Å². The van der Waals surface area contributed by atoms with Gasteiger partial charge in [-0.3, -0.25) is 0 Å². The third kappa shape index (κ3) is 2.83. The zero-order chi connectivity index (χ0) is 13.1. The molecule has 0 radical (unpaired) electrons. The van der Waals surface area contributed by atoms with Crippen molar-refractivity contribution in [1.29, 1.82) is 0 Å². The molecule has 1 N–H and O–H groups in total. The second-order valence-electron chi connectivity index (χ2n) is 5.74. The molecule has 1 saturated carbocycles.